The summed E-state index contributed by atoms with van der Waals surface area (Å²) in [6.45, 7) is 14.0. The smallest absolute Gasteiger partial charge is 0.161 e. The predicted octanol–water partition coefficient (Wildman–Crippen LogP) is 4.34. The molecule has 30 heavy (non-hydrogen) atoms. The Morgan fingerprint density at radius 3 is 1.67 bits per heavy atom. The average Bonchev–Trinajstić information content (AvgIpc) is 2.61. The summed E-state index contributed by atoms with van der Waals surface area (Å²) < 4.78 is 16.8. The van der Waals surface area contributed by atoms with Gasteiger partial charge in [-0.25, -0.2) is 0 Å². The van der Waals surface area contributed by atoms with E-state index in [1.807, 2.05) is 18.2 Å². The zero-order valence-corrected chi connectivity index (χ0v) is 18.9. The van der Waals surface area contributed by atoms with E-state index in [9.17, 15) is 10.2 Å². The number of hydrogen-bond acceptors (Lipinski definition) is 5. The largest absolute Gasteiger partial charge is 0.504 e. The van der Waals surface area contributed by atoms with Crippen LogP contribution in [0.4, 0.5) is 0 Å². The lowest BCUT2D eigenvalue weighted by Crippen LogP contribution is -2.14. The highest BCUT2D eigenvalue weighted by molar-refractivity contribution is 5.44. The maximum Gasteiger partial charge on any atom is 0.161 e. The van der Waals surface area contributed by atoms with Crippen LogP contribution in [-0.2, 0) is 15.6 Å². The number of hydrogen-bond donors (Lipinski definition) is 2. The Balaban J connectivity index is 0.00000450. The van der Waals surface area contributed by atoms with E-state index >= 15 is 0 Å². The van der Waals surface area contributed by atoms with Crippen LogP contribution >= 0.6 is 0 Å². The van der Waals surface area contributed by atoms with Crippen molar-refractivity contribution < 1.29 is 29.9 Å². The van der Waals surface area contributed by atoms with Crippen molar-refractivity contribution in [3.8, 4) is 23.0 Å². The molecule has 0 saturated carbocycles. The fourth-order valence-corrected chi connectivity index (χ4v) is 2.73. The van der Waals surface area contributed by atoms with E-state index in [-0.39, 0.29) is 27.8 Å². The molecule has 2 aromatic carbocycles. The molecule has 0 aliphatic carbocycles. The first-order valence-electron chi connectivity index (χ1n) is 9.99. The fourth-order valence-electron chi connectivity index (χ4n) is 2.73. The lowest BCUT2D eigenvalue weighted by Gasteiger charge is -2.20. The van der Waals surface area contributed by atoms with E-state index in [1.165, 1.54) is 0 Å². The summed E-state index contributed by atoms with van der Waals surface area (Å²) in [5.41, 5.74) is 2.10. The Morgan fingerprint density at radius 1 is 0.633 bits per heavy atom. The highest BCUT2D eigenvalue weighted by Gasteiger charge is 2.17. The molecule has 0 bridgehead atoms. The molecule has 0 atom stereocenters. The molecule has 0 aliphatic heterocycles. The van der Waals surface area contributed by atoms with E-state index in [0.29, 0.717) is 37.9 Å². The molecule has 0 saturated heterocycles. The maximum atomic E-state index is 10.1. The second-order valence-electron chi connectivity index (χ2n) is 9.17. The van der Waals surface area contributed by atoms with Crippen molar-refractivity contribution in [2.75, 3.05) is 26.4 Å². The van der Waals surface area contributed by atoms with Crippen LogP contribution < -0.4 is 9.47 Å². The lowest BCUT2D eigenvalue weighted by molar-refractivity contribution is 0.0750. The minimum Gasteiger partial charge on any atom is -0.504 e. The Kier molecular flexibility index (Phi) is 9.00. The molecule has 4 N–H and O–H groups in total. The third-order valence-electron chi connectivity index (χ3n) is 4.62. The van der Waals surface area contributed by atoms with Gasteiger partial charge in [0.15, 0.2) is 23.0 Å². The molecule has 0 aliphatic rings. The number of ether oxygens (including phenoxy) is 3. The van der Waals surface area contributed by atoms with Gasteiger partial charge in [0.05, 0.1) is 13.2 Å². The molecule has 168 valence electrons. The Hall–Kier alpha value is -2.44. The topological polar surface area (TPSA) is 99.7 Å². The first-order valence-corrected chi connectivity index (χ1v) is 9.99. The molecule has 0 radical (unpaired) electrons. The van der Waals surface area contributed by atoms with Gasteiger partial charge < -0.3 is 29.9 Å². The standard InChI is InChI=1S/C24H34O5.H2O/c1-23(2,3)17-8-10-21(20(26)15-17)28-13-11-27-12-14-29-22-16-18(24(4,5)6)7-9-19(22)25;/h7-10,15-16,25-26H,11-14H2,1-6H3;1H2. The highest BCUT2D eigenvalue weighted by atomic mass is 16.5. The fraction of sp³-hybridized carbons (Fsp3) is 0.500. The quantitative estimate of drug-likeness (QED) is 0.619. The molecule has 6 nitrogen and oxygen atoms in total. The van der Waals surface area contributed by atoms with Gasteiger partial charge in [-0.3, -0.25) is 0 Å². The molecule has 2 rings (SSSR count). The third-order valence-corrected chi connectivity index (χ3v) is 4.62. The van der Waals surface area contributed by atoms with Crippen molar-refractivity contribution in [3.63, 3.8) is 0 Å². The Morgan fingerprint density at radius 2 is 1.13 bits per heavy atom. The second kappa shape index (κ2) is 10.5. The zero-order chi connectivity index (χ0) is 21.7. The second-order valence-corrected chi connectivity index (χ2v) is 9.17. The van der Waals surface area contributed by atoms with Crippen LogP contribution in [0, 0.1) is 0 Å². The van der Waals surface area contributed by atoms with Gasteiger partial charge in [-0.1, -0.05) is 53.7 Å². The lowest BCUT2D eigenvalue weighted by atomic mass is 9.87. The summed E-state index contributed by atoms with van der Waals surface area (Å²) in [7, 11) is 0. The van der Waals surface area contributed by atoms with Crippen molar-refractivity contribution in [3.05, 3.63) is 47.5 Å². The summed E-state index contributed by atoms with van der Waals surface area (Å²) in [6.07, 6.45) is 0. The van der Waals surface area contributed by atoms with Crippen LogP contribution in [0.5, 0.6) is 23.0 Å². The third kappa shape index (κ3) is 7.43. The summed E-state index contributed by atoms with van der Waals surface area (Å²) in [4.78, 5) is 0. The number of benzene rings is 2. The van der Waals surface area contributed by atoms with Gasteiger partial charge in [0.25, 0.3) is 0 Å². The first-order chi connectivity index (χ1) is 13.5. The molecule has 0 amide bonds. The first kappa shape index (κ1) is 25.6. The van der Waals surface area contributed by atoms with E-state index in [4.69, 9.17) is 14.2 Å². The van der Waals surface area contributed by atoms with Gasteiger partial charge >= 0.3 is 0 Å². The van der Waals surface area contributed by atoms with Crippen LogP contribution in [0.25, 0.3) is 0 Å². The van der Waals surface area contributed by atoms with E-state index in [2.05, 4.69) is 41.5 Å². The van der Waals surface area contributed by atoms with Gasteiger partial charge in [-0.15, -0.1) is 0 Å². The van der Waals surface area contributed by atoms with Crippen molar-refractivity contribution in [2.45, 2.75) is 52.4 Å². The summed E-state index contributed by atoms with van der Waals surface area (Å²) in [6, 6.07) is 10.9. The molecule has 6 heteroatoms. The molecule has 0 aromatic heterocycles. The predicted molar refractivity (Wildman–Crippen MR) is 119 cm³/mol. The van der Waals surface area contributed by atoms with E-state index < -0.39 is 0 Å². The Bertz CT molecular complexity index is 802. The van der Waals surface area contributed by atoms with Crippen LogP contribution in [0.15, 0.2) is 36.4 Å². The van der Waals surface area contributed by atoms with Crippen LogP contribution in [-0.4, -0.2) is 42.1 Å². The van der Waals surface area contributed by atoms with Gasteiger partial charge in [0.1, 0.15) is 13.2 Å². The van der Waals surface area contributed by atoms with Gasteiger partial charge in [-0.2, -0.15) is 0 Å². The van der Waals surface area contributed by atoms with Crippen LogP contribution in [0.3, 0.4) is 0 Å². The monoisotopic (exact) mass is 420 g/mol. The number of phenolic OH excluding ortho intramolecular Hbond substituents is 2. The molecule has 0 fully saturated rings. The zero-order valence-electron chi connectivity index (χ0n) is 18.9. The minimum atomic E-state index is -0.0278. The normalized spacial score (nSPS) is 11.7. The molecular formula is C24H36O6. The number of aromatic hydroxyl groups is 2. The Labute approximate surface area is 179 Å². The number of rotatable bonds is 8. The van der Waals surface area contributed by atoms with Crippen LogP contribution in [0.1, 0.15) is 52.7 Å². The summed E-state index contributed by atoms with van der Waals surface area (Å²) >= 11 is 0. The van der Waals surface area contributed by atoms with Crippen molar-refractivity contribution in [2.24, 2.45) is 0 Å². The summed E-state index contributed by atoms with van der Waals surface area (Å²) in [5, 5.41) is 20.1. The van der Waals surface area contributed by atoms with Crippen molar-refractivity contribution >= 4 is 0 Å². The van der Waals surface area contributed by atoms with Crippen LogP contribution in [0.2, 0.25) is 0 Å². The van der Waals surface area contributed by atoms with Gasteiger partial charge in [-0.05, 0) is 46.2 Å². The van der Waals surface area contributed by atoms with E-state index in [0.717, 1.165) is 11.1 Å². The SMILES string of the molecule is CC(C)(C)c1ccc(OCCOCCOc2cc(C(C)(C)C)ccc2O)c(O)c1.O. The van der Waals surface area contributed by atoms with Crippen molar-refractivity contribution in [1.29, 1.82) is 0 Å². The molecule has 0 unspecified atom stereocenters. The maximum absolute atomic E-state index is 10.1. The molecular weight excluding hydrogens is 384 g/mol. The minimum absolute atomic E-state index is 0. The highest BCUT2D eigenvalue weighted by Crippen LogP contribution is 2.33. The molecule has 0 heterocycles. The van der Waals surface area contributed by atoms with Gasteiger partial charge in [0, 0.05) is 0 Å². The van der Waals surface area contributed by atoms with Gasteiger partial charge in [0.2, 0.25) is 0 Å². The van der Waals surface area contributed by atoms with E-state index in [1.54, 1.807) is 18.2 Å². The average molecular weight is 421 g/mol. The summed E-state index contributed by atoms with van der Waals surface area (Å²) in [5.74, 6) is 1.16. The molecule has 0 spiro atoms. The number of phenols is 2. The molecule has 2 aromatic rings. The van der Waals surface area contributed by atoms with Crippen molar-refractivity contribution in [1.82, 2.24) is 0 Å².